The molecule has 0 spiro atoms. The van der Waals surface area contributed by atoms with Crippen LogP contribution in [-0.4, -0.2) is 23.0 Å². The van der Waals surface area contributed by atoms with Crippen molar-refractivity contribution in [2.75, 3.05) is 0 Å². The quantitative estimate of drug-likeness (QED) is 0.809. The molecule has 0 fully saturated rings. The van der Waals surface area contributed by atoms with Gasteiger partial charge in [0.2, 0.25) is 5.91 Å². The van der Waals surface area contributed by atoms with Crippen molar-refractivity contribution in [1.29, 1.82) is 0 Å². The van der Waals surface area contributed by atoms with Gasteiger partial charge in [-0.2, -0.15) is 0 Å². The number of nitrogens with one attached hydrogen (secondary N) is 1. The van der Waals surface area contributed by atoms with Crippen LogP contribution in [0.3, 0.4) is 0 Å². The van der Waals surface area contributed by atoms with Gasteiger partial charge in [-0.05, 0) is 25.3 Å². The summed E-state index contributed by atoms with van der Waals surface area (Å²) >= 11 is 0. The SMILES string of the molecule is CC(=O)NC(CCC(=O)O)Cc1cccc(C)c1. The molecule has 1 aromatic carbocycles. The van der Waals surface area contributed by atoms with Gasteiger partial charge in [0, 0.05) is 19.4 Å². The molecule has 0 radical (unpaired) electrons. The number of hydrogen-bond acceptors (Lipinski definition) is 2. The summed E-state index contributed by atoms with van der Waals surface area (Å²) in [7, 11) is 0. The molecule has 1 unspecified atom stereocenters. The second kappa shape index (κ2) is 6.79. The topological polar surface area (TPSA) is 66.4 Å². The number of carbonyl (C=O) groups is 2. The van der Waals surface area contributed by atoms with E-state index in [2.05, 4.69) is 11.4 Å². The number of hydrogen-bond donors (Lipinski definition) is 2. The van der Waals surface area contributed by atoms with Crippen LogP contribution in [0, 0.1) is 6.92 Å². The average molecular weight is 249 g/mol. The van der Waals surface area contributed by atoms with E-state index in [4.69, 9.17) is 5.11 Å². The molecule has 1 aromatic rings. The van der Waals surface area contributed by atoms with Gasteiger partial charge in [-0.3, -0.25) is 9.59 Å². The molecule has 0 saturated carbocycles. The molecule has 0 heterocycles. The summed E-state index contributed by atoms with van der Waals surface area (Å²) in [6, 6.07) is 7.89. The summed E-state index contributed by atoms with van der Waals surface area (Å²) in [5.41, 5.74) is 2.27. The van der Waals surface area contributed by atoms with E-state index in [0.29, 0.717) is 12.8 Å². The number of amides is 1. The Bertz CT molecular complexity index is 429. The van der Waals surface area contributed by atoms with Crippen molar-refractivity contribution in [1.82, 2.24) is 5.32 Å². The Hall–Kier alpha value is -1.84. The molecule has 0 aliphatic heterocycles. The Morgan fingerprint density at radius 2 is 2.11 bits per heavy atom. The van der Waals surface area contributed by atoms with E-state index in [1.807, 2.05) is 25.1 Å². The molecule has 0 aliphatic carbocycles. The van der Waals surface area contributed by atoms with E-state index in [1.54, 1.807) is 0 Å². The summed E-state index contributed by atoms with van der Waals surface area (Å²) in [6.45, 7) is 3.46. The first-order chi connectivity index (χ1) is 8.47. The molecule has 98 valence electrons. The Kier molecular flexibility index (Phi) is 5.36. The molecule has 0 aliphatic rings. The van der Waals surface area contributed by atoms with Crippen LogP contribution in [0.1, 0.15) is 30.9 Å². The maximum absolute atomic E-state index is 11.1. The number of benzene rings is 1. The van der Waals surface area contributed by atoms with E-state index < -0.39 is 5.97 Å². The molecular formula is C14H19NO3. The van der Waals surface area contributed by atoms with Crippen molar-refractivity contribution in [2.45, 2.75) is 39.2 Å². The molecule has 4 heteroatoms. The average Bonchev–Trinajstić information content (AvgIpc) is 2.25. The third-order valence-electron chi connectivity index (χ3n) is 2.68. The van der Waals surface area contributed by atoms with Crippen molar-refractivity contribution in [3.8, 4) is 0 Å². The van der Waals surface area contributed by atoms with Crippen LogP contribution < -0.4 is 5.32 Å². The van der Waals surface area contributed by atoms with Crippen LogP contribution in [0.4, 0.5) is 0 Å². The Morgan fingerprint density at radius 1 is 1.39 bits per heavy atom. The summed E-state index contributed by atoms with van der Waals surface area (Å²) < 4.78 is 0. The van der Waals surface area contributed by atoms with Gasteiger partial charge in [0.15, 0.2) is 0 Å². The monoisotopic (exact) mass is 249 g/mol. The van der Waals surface area contributed by atoms with E-state index in [1.165, 1.54) is 6.92 Å². The second-order valence-electron chi connectivity index (χ2n) is 4.52. The van der Waals surface area contributed by atoms with E-state index in [9.17, 15) is 9.59 Å². The van der Waals surface area contributed by atoms with E-state index in [0.717, 1.165) is 11.1 Å². The lowest BCUT2D eigenvalue weighted by atomic mass is 10.0. The fourth-order valence-corrected chi connectivity index (χ4v) is 1.93. The minimum absolute atomic E-state index is 0.0662. The van der Waals surface area contributed by atoms with Gasteiger partial charge in [-0.25, -0.2) is 0 Å². The third kappa shape index (κ3) is 5.48. The first kappa shape index (κ1) is 14.2. The second-order valence-corrected chi connectivity index (χ2v) is 4.52. The number of rotatable bonds is 6. The highest BCUT2D eigenvalue weighted by atomic mass is 16.4. The maximum Gasteiger partial charge on any atom is 0.303 e. The van der Waals surface area contributed by atoms with Crippen molar-refractivity contribution in [3.63, 3.8) is 0 Å². The summed E-state index contributed by atoms with van der Waals surface area (Å²) in [4.78, 5) is 21.7. The number of carboxylic acids is 1. The Balaban J connectivity index is 2.65. The summed E-state index contributed by atoms with van der Waals surface area (Å²) in [5, 5.41) is 11.5. The molecule has 2 N–H and O–H groups in total. The van der Waals surface area contributed by atoms with Crippen LogP contribution in [0.15, 0.2) is 24.3 Å². The highest BCUT2D eigenvalue weighted by Gasteiger charge is 2.12. The minimum Gasteiger partial charge on any atom is -0.481 e. The van der Waals surface area contributed by atoms with E-state index >= 15 is 0 Å². The van der Waals surface area contributed by atoms with Gasteiger partial charge >= 0.3 is 5.97 Å². The zero-order chi connectivity index (χ0) is 13.5. The largest absolute Gasteiger partial charge is 0.481 e. The molecule has 0 aromatic heterocycles. The molecule has 1 rings (SSSR count). The number of carbonyl (C=O) groups excluding carboxylic acids is 1. The van der Waals surface area contributed by atoms with Crippen molar-refractivity contribution < 1.29 is 14.7 Å². The Morgan fingerprint density at radius 3 is 2.67 bits per heavy atom. The van der Waals surface area contributed by atoms with Crippen molar-refractivity contribution in [3.05, 3.63) is 35.4 Å². The number of aliphatic carboxylic acids is 1. The van der Waals surface area contributed by atoms with Crippen LogP contribution in [0.5, 0.6) is 0 Å². The zero-order valence-electron chi connectivity index (χ0n) is 10.8. The van der Waals surface area contributed by atoms with Gasteiger partial charge in [0.05, 0.1) is 0 Å². The maximum atomic E-state index is 11.1. The Labute approximate surface area is 107 Å². The molecule has 0 saturated heterocycles. The van der Waals surface area contributed by atoms with Gasteiger partial charge in [-0.15, -0.1) is 0 Å². The lowest BCUT2D eigenvalue weighted by Gasteiger charge is -2.17. The molecule has 1 amide bonds. The van der Waals surface area contributed by atoms with Crippen molar-refractivity contribution in [2.24, 2.45) is 0 Å². The highest BCUT2D eigenvalue weighted by molar-refractivity contribution is 5.73. The van der Waals surface area contributed by atoms with Gasteiger partial charge in [0.25, 0.3) is 0 Å². The molecule has 18 heavy (non-hydrogen) atoms. The zero-order valence-corrected chi connectivity index (χ0v) is 10.8. The van der Waals surface area contributed by atoms with Crippen LogP contribution in [-0.2, 0) is 16.0 Å². The normalized spacial score (nSPS) is 11.9. The summed E-state index contributed by atoms with van der Waals surface area (Å²) in [6.07, 6.45) is 1.17. The first-order valence-electron chi connectivity index (χ1n) is 6.02. The van der Waals surface area contributed by atoms with Gasteiger partial charge in [-0.1, -0.05) is 29.8 Å². The standard InChI is InChI=1S/C14H19NO3/c1-10-4-3-5-12(8-10)9-13(15-11(2)16)6-7-14(17)18/h3-5,8,13H,6-7,9H2,1-2H3,(H,15,16)(H,17,18). The number of aryl methyl sites for hydroxylation is 1. The molecule has 4 nitrogen and oxygen atoms in total. The molecular weight excluding hydrogens is 230 g/mol. The first-order valence-corrected chi connectivity index (χ1v) is 6.02. The lowest BCUT2D eigenvalue weighted by molar-refractivity contribution is -0.137. The fraction of sp³-hybridized carbons (Fsp3) is 0.429. The van der Waals surface area contributed by atoms with Crippen LogP contribution >= 0.6 is 0 Å². The predicted molar refractivity (Wildman–Crippen MR) is 69.4 cm³/mol. The smallest absolute Gasteiger partial charge is 0.303 e. The predicted octanol–water partition coefficient (Wildman–Crippen LogP) is 1.91. The molecule has 1 atom stereocenters. The fourth-order valence-electron chi connectivity index (χ4n) is 1.93. The van der Waals surface area contributed by atoms with Gasteiger partial charge < -0.3 is 10.4 Å². The number of carboxylic acid groups (broad SMARTS) is 1. The minimum atomic E-state index is -0.838. The van der Waals surface area contributed by atoms with Crippen LogP contribution in [0.2, 0.25) is 0 Å². The summed E-state index contributed by atoms with van der Waals surface area (Å²) in [5.74, 6) is -0.965. The highest BCUT2D eigenvalue weighted by Crippen LogP contribution is 2.10. The van der Waals surface area contributed by atoms with Crippen molar-refractivity contribution >= 4 is 11.9 Å². The molecule has 0 bridgehead atoms. The lowest BCUT2D eigenvalue weighted by Crippen LogP contribution is -2.35. The van der Waals surface area contributed by atoms with Crippen LogP contribution in [0.25, 0.3) is 0 Å². The van der Waals surface area contributed by atoms with E-state index in [-0.39, 0.29) is 18.4 Å². The van der Waals surface area contributed by atoms with Gasteiger partial charge in [0.1, 0.15) is 0 Å². The third-order valence-corrected chi connectivity index (χ3v) is 2.68.